The highest BCUT2D eigenvalue weighted by Crippen LogP contribution is 2.09. The van der Waals surface area contributed by atoms with Crippen molar-refractivity contribution in [2.45, 2.75) is 33.0 Å². The van der Waals surface area contributed by atoms with Crippen LogP contribution < -0.4 is 5.32 Å². The van der Waals surface area contributed by atoms with Crippen LogP contribution in [-0.2, 0) is 13.1 Å². The molecule has 86 valence electrons. The second-order valence-corrected chi connectivity index (χ2v) is 4.92. The first-order chi connectivity index (χ1) is 7.75. The Morgan fingerprint density at radius 2 is 2.38 bits per heavy atom. The van der Waals surface area contributed by atoms with E-state index in [1.54, 1.807) is 11.3 Å². The number of hydrogen-bond acceptors (Lipinski definition) is 3. The van der Waals surface area contributed by atoms with Crippen LogP contribution in [0.5, 0.6) is 0 Å². The first-order valence-corrected chi connectivity index (χ1v) is 6.44. The monoisotopic (exact) mass is 235 g/mol. The highest BCUT2D eigenvalue weighted by atomic mass is 32.1. The molecule has 0 spiro atoms. The molecule has 0 radical (unpaired) electrons. The molecular formula is C12H17N3S. The molecule has 0 unspecified atom stereocenters. The molecule has 2 heterocycles. The summed E-state index contributed by atoms with van der Waals surface area (Å²) in [5, 5.41) is 7.68. The predicted molar refractivity (Wildman–Crippen MR) is 67.6 cm³/mol. The van der Waals surface area contributed by atoms with Gasteiger partial charge in [-0.05, 0) is 22.4 Å². The largest absolute Gasteiger partial charge is 0.329 e. The third-order valence-electron chi connectivity index (χ3n) is 2.40. The number of nitrogens with zero attached hydrogens (tertiary/aromatic N) is 2. The first-order valence-electron chi connectivity index (χ1n) is 5.50. The molecule has 0 atom stereocenters. The van der Waals surface area contributed by atoms with E-state index in [-0.39, 0.29) is 0 Å². The van der Waals surface area contributed by atoms with E-state index in [4.69, 9.17) is 0 Å². The van der Waals surface area contributed by atoms with Gasteiger partial charge >= 0.3 is 0 Å². The lowest BCUT2D eigenvalue weighted by atomic mass is 10.3. The van der Waals surface area contributed by atoms with E-state index < -0.39 is 0 Å². The lowest BCUT2D eigenvalue weighted by molar-refractivity contribution is 0.555. The highest BCUT2D eigenvalue weighted by Gasteiger charge is 2.04. The Kier molecular flexibility index (Phi) is 3.74. The molecule has 0 aliphatic rings. The van der Waals surface area contributed by atoms with Crippen molar-refractivity contribution in [3.63, 3.8) is 0 Å². The van der Waals surface area contributed by atoms with Crippen LogP contribution in [0.1, 0.15) is 25.2 Å². The minimum Gasteiger partial charge on any atom is -0.329 e. The van der Waals surface area contributed by atoms with E-state index >= 15 is 0 Å². The Balaban J connectivity index is 2.01. The number of imidazole rings is 1. The summed E-state index contributed by atoms with van der Waals surface area (Å²) in [4.78, 5) is 4.37. The summed E-state index contributed by atoms with van der Waals surface area (Å²) in [5.74, 6) is 1.10. The molecule has 0 aromatic carbocycles. The molecule has 0 fully saturated rings. The second kappa shape index (κ2) is 5.27. The summed E-state index contributed by atoms with van der Waals surface area (Å²) < 4.78 is 2.19. The summed E-state index contributed by atoms with van der Waals surface area (Å²) in [6.45, 7) is 6.03. The molecule has 2 rings (SSSR count). The van der Waals surface area contributed by atoms with Gasteiger partial charge < -0.3 is 9.88 Å². The molecule has 0 bridgehead atoms. The predicted octanol–water partition coefficient (Wildman–Crippen LogP) is 2.49. The third kappa shape index (κ3) is 2.93. The summed E-state index contributed by atoms with van der Waals surface area (Å²) >= 11 is 1.74. The molecule has 0 aliphatic carbocycles. The summed E-state index contributed by atoms with van der Waals surface area (Å²) in [6, 6.07) is 2.65. The number of aromatic nitrogens is 2. The summed E-state index contributed by atoms with van der Waals surface area (Å²) in [7, 11) is 0. The minimum atomic E-state index is 0.492. The third-order valence-corrected chi connectivity index (χ3v) is 3.14. The first kappa shape index (κ1) is 11.4. The Morgan fingerprint density at radius 1 is 1.50 bits per heavy atom. The van der Waals surface area contributed by atoms with Crippen molar-refractivity contribution >= 4 is 11.3 Å². The molecule has 2 aromatic rings. The van der Waals surface area contributed by atoms with Crippen LogP contribution in [0.15, 0.2) is 29.2 Å². The molecule has 16 heavy (non-hydrogen) atoms. The quantitative estimate of drug-likeness (QED) is 0.863. The van der Waals surface area contributed by atoms with Crippen LogP contribution in [0.3, 0.4) is 0 Å². The fourth-order valence-corrected chi connectivity index (χ4v) is 2.19. The van der Waals surface area contributed by atoms with Crippen LogP contribution in [0.25, 0.3) is 0 Å². The zero-order chi connectivity index (χ0) is 11.4. The van der Waals surface area contributed by atoms with Crippen molar-refractivity contribution in [1.82, 2.24) is 14.9 Å². The standard InChI is InChI=1S/C12H17N3S/c1-10(2)14-7-12-13-4-5-15(12)8-11-3-6-16-9-11/h3-6,9-10,14H,7-8H2,1-2H3. The number of nitrogens with one attached hydrogen (secondary N) is 1. The molecule has 3 nitrogen and oxygen atoms in total. The second-order valence-electron chi connectivity index (χ2n) is 4.14. The van der Waals surface area contributed by atoms with E-state index in [0.717, 1.165) is 18.9 Å². The average molecular weight is 235 g/mol. The fraction of sp³-hybridized carbons (Fsp3) is 0.417. The van der Waals surface area contributed by atoms with Gasteiger partial charge in [0.05, 0.1) is 6.54 Å². The molecule has 0 aliphatic heterocycles. The highest BCUT2D eigenvalue weighted by molar-refractivity contribution is 7.07. The normalized spacial score (nSPS) is 11.2. The minimum absolute atomic E-state index is 0.492. The van der Waals surface area contributed by atoms with Gasteiger partial charge in [0.15, 0.2) is 0 Å². The van der Waals surface area contributed by atoms with Gasteiger partial charge in [0.2, 0.25) is 0 Å². The van der Waals surface area contributed by atoms with E-state index in [9.17, 15) is 0 Å². The van der Waals surface area contributed by atoms with E-state index in [2.05, 4.69) is 45.5 Å². The Morgan fingerprint density at radius 3 is 3.06 bits per heavy atom. The molecule has 2 aromatic heterocycles. The summed E-state index contributed by atoms with van der Waals surface area (Å²) in [5.41, 5.74) is 1.34. The van der Waals surface area contributed by atoms with E-state index in [1.165, 1.54) is 5.56 Å². The SMILES string of the molecule is CC(C)NCc1nccn1Cc1ccsc1. The van der Waals surface area contributed by atoms with E-state index in [0.29, 0.717) is 6.04 Å². The smallest absolute Gasteiger partial charge is 0.122 e. The van der Waals surface area contributed by atoms with Crippen molar-refractivity contribution in [2.24, 2.45) is 0 Å². The lowest BCUT2D eigenvalue weighted by Crippen LogP contribution is -2.24. The Labute approximate surface area is 100 Å². The molecular weight excluding hydrogens is 218 g/mol. The van der Waals surface area contributed by atoms with Gasteiger partial charge in [-0.3, -0.25) is 0 Å². The Bertz CT molecular complexity index is 417. The molecule has 0 saturated heterocycles. The van der Waals surface area contributed by atoms with Gasteiger partial charge in [0.1, 0.15) is 5.82 Å². The topological polar surface area (TPSA) is 29.9 Å². The van der Waals surface area contributed by atoms with Crippen molar-refractivity contribution < 1.29 is 0 Å². The van der Waals surface area contributed by atoms with Crippen molar-refractivity contribution in [2.75, 3.05) is 0 Å². The van der Waals surface area contributed by atoms with Crippen molar-refractivity contribution in [1.29, 1.82) is 0 Å². The number of thiophene rings is 1. The molecule has 1 N–H and O–H groups in total. The van der Waals surface area contributed by atoms with Crippen molar-refractivity contribution in [3.05, 3.63) is 40.6 Å². The van der Waals surface area contributed by atoms with Gasteiger partial charge in [-0.25, -0.2) is 4.98 Å². The van der Waals surface area contributed by atoms with Crippen LogP contribution >= 0.6 is 11.3 Å². The maximum atomic E-state index is 4.37. The van der Waals surface area contributed by atoms with Gasteiger partial charge in [0.25, 0.3) is 0 Å². The van der Waals surface area contributed by atoms with Crippen LogP contribution in [0.2, 0.25) is 0 Å². The molecule has 4 heteroatoms. The van der Waals surface area contributed by atoms with Crippen LogP contribution in [0, 0.1) is 0 Å². The molecule has 0 saturated carbocycles. The van der Waals surface area contributed by atoms with Crippen LogP contribution in [0.4, 0.5) is 0 Å². The zero-order valence-corrected chi connectivity index (χ0v) is 10.5. The fourth-order valence-electron chi connectivity index (χ4n) is 1.53. The van der Waals surface area contributed by atoms with Gasteiger partial charge in [-0.2, -0.15) is 11.3 Å². The zero-order valence-electron chi connectivity index (χ0n) is 9.68. The average Bonchev–Trinajstić information content (AvgIpc) is 2.87. The maximum Gasteiger partial charge on any atom is 0.122 e. The van der Waals surface area contributed by atoms with Gasteiger partial charge in [0, 0.05) is 25.0 Å². The Hall–Kier alpha value is -1.13. The van der Waals surface area contributed by atoms with Gasteiger partial charge in [-0.15, -0.1) is 0 Å². The van der Waals surface area contributed by atoms with Gasteiger partial charge in [-0.1, -0.05) is 13.8 Å². The van der Waals surface area contributed by atoms with E-state index in [1.807, 2.05) is 12.4 Å². The molecule has 0 amide bonds. The lowest BCUT2D eigenvalue weighted by Gasteiger charge is -2.10. The maximum absolute atomic E-state index is 4.37. The van der Waals surface area contributed by atoms with Crippen molar-refractivity contribution in [3.8, 4) is 0 Å². The summed E-state index contributed by atoms with van der Waals surface area (Å²) in [6.07, 6.45) is 3.90. The number of hydrogen-bond donors (Lipinski definition) is 1. The van der Waals surface area contributed by atoms with Crippen LogP contribution in [-0.4, -0.2) is 15.6 Å². The number of rotatable bonds is 5.